The lowest BCUT2D eigenvalue weighted by Crippen LogP contribution is -2.02. The number of halogens is 6. The first-order valence-electron chi connectivity index (χ1n) is 2.21. The molecule has 0 N–H and O–H groups in total. The van der Waals surface area contributed by atoms with Crippen molar-refractivity contribution in [1.82, 2.24) is 0 Å². The lowest BCUT2D eigenvalue weighted by Gasteiger charge is -2.00. The van der Waals surface area contributed by atoms with Gasteiger partial charge in [0, 0.05) is 0 Å². The van der Waals surface area contributed by atoms with Crippen molar-refractivity contribution in [3.8, 4) is 0 Å². The van der Waals surface area contributed by atoms with Crippen molar-refractivity contribution < 1.29 is 30.9 Å². The Kier molecular flexibility index (Phi) is 4.18. The van der Waals surface area contributed by atoms with Crippen LogP contribution in [0.3, 0.4) is 0 Å². The van der Waals surface area contributed by atoms with E-state index in [2.05, 4.69) is 0 Å². The predicted molar refractivity (Wildman–Crippen MR) is 28.8 cm³/mol. The summed E-state index contributed by atoms with van der Waals surface area (Å²) in [5.74, 6) is 0. The highest BCUT2D eigenvalue weighted by atomic mass is 32.2. The van der Waals surface area contributed by atoms with Crippen LogP contribution in [0.5, 0.6) is 0 Å². The van der Waals surface area contributed by atoms with E-state index in [1.54, 1.807) is 0 Å². The van der Waals surface area contributed by atoms with Crippen molar-refractivity contribution in [1.29, 1.82) is 0 Å². The topological polar surface area (TPSA) is 23.1 Å². The highest BCUT2D eigenvalue weighted by Crippen LogP contribution is 2.27. The molecule has 0 radical (unpaired) electrons. The molecule has 12 heavy (non-hydrogen) atoms. The maximum Gasteiger partial charge on any atom is 0.373 e. The van der Waals surface area contributed by atoms with Gasteiger partial charge in [-0.05, 0) is 0 Å². The van der Waals surface area contributed by atoms with Gasteiger partial charge < -0.3 is 4.55 Å². The van der Waals surface area contributed by atoms with E-state index in [1.807, 2.05) is 0 Å². The second-order valence-electron chi connectivity index (χ2n) is 1.34. The fourth-order valence-corrected chi connectivity index (χ4v) is 0.656. The Bertz CT molecular complexity index is 204. The third kappa shape index (κ3) is 2.78. The first kappa shape index (κ1) is 11.4. The minimum Gasteiger partial charge on any atom is -0.603 e. The first-order chi connectivity index (χ1) is 5.37. The Morgan fingerprint density at radius 2 is 1.00 bits per heavy atom. The second kappa shape index (κ2) is 4.41. The van der Waals surface area contributed by atoms with Crippen molar-refractivity contribution in [2.24, 2.45) is 0 Å². The van der Waals surface area contributed by atoms with E-state index in [4.69, 9.17) is 0 Å². The van der Waals surface area contributed by atoms with E-state index < -0.39 is 33.7 Å². The minimum atomic E-state index is -3.74. The molecule has 0 fully saturated rings. The number of rotatable bonds is 2. The van der Waals surface area contributed by atoms with Crippen molar-refractivity contribution in [3.05, 3.63) is 22.5 Å². The van der Waals surface area contributed by atoms with E-state index in [0.29, 0.717) is 0 Å². The molecule has 0 saturated heterocycles. The van der Waals surface area contributed by atoms with Crippen molar-refractivity contribution in [2.75, 3.05) is 0 Å². The van der Waals surface area contributed by atoms with Crippen molar-refractivity contribution >= 4 is 11.2 Å². The fraction of sp³-hybridized carbons (Fsp3) is 0. The summed E-state index contributed by atoms with van der Waals surface area (Å²) in [6.07, 6.45) is -6.19. The summed E-state index contributed by atoms with van der Waals surface area (Å²) in [4.78, 5) is 0. The molecule has 0 unspecified atom stereocenters. The largest absolute Gasteiger partial charge is 0.603 e. The van der Waals surface area contributed by atoms with Crippen LogP contribution in [0.2, 0.25) is 0 Å². The number of hydrogen-bond donors (Lipinski definition) is 0. The van der Waals surface area contributed by atoms with Gasteiger partial charge >= 0.3 is 22.5 Å². The highest BCUT2D eigenvalue weighted by molar-refractivity contribution is 7.98. The van der Waals surface area contributed by atoms with Gasteiger partial charge in [-0.2, -0.15) is 17.6 Å². The van der Waals surface area contributed by atoms with Gasteiger partial charge in [0.1, 0.15) is 0 Å². The van der Waals surface area contributed by atoms with Crippen LogP contribution in [0.1, 0.15) is 0 Å². The Balaban J connectivity index is 4.75. The van der Waals surface area contributed by atoms with Crippen LogP contribution in [-0.4, -0.2) is 4.55 Å². The van der Waals surface area contributed by atoms with Crippen LogP contribution in [0, 0.1) is 0 Å². The van der Waals surface area contributed by atoms with Crippen LogP contribution in [0.15, 0.2) is 22.5 Å². The summed E-state index contributed by atoms with van der Waals surface area (Å²) in [5.41, 5.74) is 0. The standard InChI is InChI=1S/C4F6OS/c5-1(6)3(9)12(11)4(10)2(7)8. The first-order valence-corrected chi connectivity index (χ1v) is 3.36. The quantitative estimate of drug-likeness (QED) is 0.507. The van der Waals surface area contributed by atoms with Gasteiger partial charge in [0.15, 0.2) is 0 Å². The average molecular weight is 210 g/mol. The molecule has 0 aromatic heterocycles. The maximum absolute atomic E-state index is 11.8. The summed E-state index contributed by atoms with van der Waals surface area (Å²) < 4.78 is 78.2. The molecule has 0 aromatic rings. The van der Waals surface area contributed by atoms with Gasteiger partial charge in [0.2, 0.25) is 0 Å². The van der Waals surface area contributed by atoms with E-state index in [9.17, 15) is 30.9 Å². The Morgan fingerprint density at radius 1 is 0.750 bits per heavy atom. The van der Waals surface area contributed by atoms with Crippen molar-refractivity contribution in [2.45, 2.75) is 0 Å². The van der Waals surface area contributed by atoms with Crippen LogP contribution < -0.4 is 0 Å². The molecular weight excluding hydrogens is 210 g/mol. The molecule has 1 nitrogen and oxygen atoms in total. The zero-order valence-electron chi connectivity index (χ0n) is 5.08. The lowest BCUT2D eigenvalue weighted by atomic mass is 11.1. The maximum atomic E-state index is 11.8. The summed E-state index contributed by atoms with van der Waals surface area (Å²) in [6.45, 7) is 0. The predicted octanol–water partition coefficient (Wildman–Crippen LogP) is 2.81. The SMILES string of the molecule is [O-][S+](C(F)=C(F)F)C(F)=C(F)F. The molecule has 0 atom stereocenters. The normalized spacial score (nSPS) is 10.0. The molecule has 70 valence electrons. The summed E-state index contributed by atoms with van der Waals surface area (Å²) >= 11 is -3.74. The summed E-state index contributed by atoms with van der Waals surface area (Å²) in [6, 6.07) is 0. The van der Waals surface area contributed by atoms with Crippen molar-refractivity contribution in [3.63, 3.8) is 0 Å². The molecule has 0 spiro atoms. The van der Waals surface area contributed by atoms with Crippen LogP contribution in [0.4, 0.5) is 26.3 Å². The van der Waals surface area contributed by atoms with Gasteiger partial charge in [-0.15, -0.1) is 8.78 Å². The number of hydrogen-bond acceptors (Lipinski definition) is 1. The second-order valence-corrected chi connectivity index (χ2v) is 2.59. The fourth-order valence-electron chi connectivity index (χ4n) is 0.219. The molecule has 0 aliphatic heterocycles. The van der Waals surface area contributed by atoms with E-state index in [1.165, 1.54) is 0 Å². The molecule has 0 amide bonds. The minimum absolute atomic E-state index is 2.71. The molecule has 0 rings (SSSR count). The van der Waals surface area contributed by atoms with Crippen LogP contribution in [0.25, 0.3) is 0 Å². The zero-order valence-corrected chi connectivity index (χ0v) is 5.90. The van der Waals surface area contributed by atoms with Gasteiger partial charge in [0.25, 0.3) is 0 Å². The van der Waals surface area contributed by atoms with Gasteiger partial charge in [-0.25, -0.2) is 0 Å². The molecule has 0 bridgehead atoms. The molecule has 0 saturated carbocycles. The Morgan fingerprint density at radius 3 is 1.17 bits per heavy atom. The van der Waals surface area contributed by atoms with E-state index in [-0.39, 0.29) is 0 Å². The summed E-state index contributed by atoms with van der Waals surface area (Å²) in [5, 5.41) is -5.42. The van der Waals surface area contributed by atoms with Gasteiger partial charge in [-0.3, -0.25) is 0 Å². The van der Waals surface area contributed by atoms with E-state index in [0.717, 1.165) is 0 Å². The zero-order chi connectivity index (χ0) is 9.89. The Hall–Kier alpha value is -0.630. The molecule has 8 heteroatoms. The smallest absolute Gasteiger partial charge is 0.373 e. The molecule has 0 heterocycles. The molecular formula is C4F6OS. The van der Waals surface area contributed by atoms with Gasteiger partial charge in [0.05, 0.1) is 11.2 Å². The highest BCUT2D eigenvalue weighted by Gasteiger charge is 2.31. The monoisotopic (exact) mass is 210 g/mol. The Labute approximate surface area is 65.5 Å². The molecule has 0 aliphatic carbocycles. The van der Waals surface area contributed by atoms with Crippen LogP contribution in [-0.2, 0) is 11.2 Å². The third-order valence-corrected chi connectivity index (χ3v) is 1.58. The average Bonchev–Trinajstić information content (AvgIpc) is 2.00. The summed E-state index contributed by atoms with van der Waals surface area (Å²) in [7, 11) is 0. The third-order valence-electron chi connectivity index (χ3n) is 0.623. The van der Waals surface area contributed by atoms with Crippen LogP contribution >= 0.6 is 0 Å². The van der Waals surface area contributed by atoms with Gasteiger partial charge in [-0.1, -0.05) is 0 Å². The molecule has 0 aromatic carbocycles. The molecule has 0 aliphatic rings. The van der Waals surface area contributed by atoms with E-state index >= 15 is 0 Å². The lowest BCUT2D eigenvalue weighted by molar-refractivity contribution is 0.382.